The van der Waals surface area contributed by atoms with E-state index in [1.807, 2.05) is 38.6 Å². The Bertz CT molecular complexity index is 345. The molecule has 1 atom stereocenters. The largest absolute Gasteiger partial charge is 0.466 e. The molecule has 1 unspecified atom stereocenters. The minimum Gasteiger partial charge on any atom is -0.466 e. The molecule has 4 nitrogen and oxygen atoms in total. The second-order valence-electron chi connectivity index (χ2n) is 4.10. The topological polar surface area (TPSA) is 44.1 Å². The molecule has 0 aromatic carbocycles. The summed E-state index contributed by atoms with van der Waals surface area (Å²) >= 11 is 0. The average molecular weight is 224 g/mol. The Balaban J connectivity index is 2.89. The van der Waals surface area contributed by atoms with Gasteiger partial charge in [-0.05, 0) is 19.8 Å². The number of nitrogens with zero attached hydrogens (tertiary/aromatic N) is 2. The summed E-state index contributed by atoms with van der Waals surface area (Å²) in [5.74, 6) is -0.151. The number of carbonyl (C=O) groups is 1. The van der Waals surface area contributed by atoms with Gasteiger partial charge in [-0.2, -0.15) is 5.10 Å². The smallest absolute Gasteiger partial charge is 0.313 e. The summed E-state index contributed by atoms with van der Waals surface area (Å²) in [5, 5.41) is 4.19. The highest BCUT2D eigenvalue weighted by atomic mass is 16.5. The summed E-state index contributed by atoms with van der Waals surface area (Å²) in [4.78, 5) is 11.8. The van der Waals surface area contributed by atoms with Crippen LogP contribution in [0.3, 0.4) is 0 Å². The molecule has 0 fully saturated rings. The third kappa shape index (κ3) is 2.84. The Morgan fingerprint density at radius 1 is 1.50 bits per heavy atom. The van der Waals surface area contributed by atoms with E-state index in [1.54, 1.807) is 6.20 Å². The van der Waals surface area contributed by atoms with Crippen LogP contribution < -0.4 is 0 Å². The molecule has 0 aliphatic rings. The van der Waals surface area contributed by atoms with Gasteiger partial charge in [-0.15, -0.1) is 0 Å². The van der Waals surface area contributed by atoms with Crippen molar-refractivity contribution in [3.63, 3.8) is 0 Å². The first-order valence-corrected chi connectivity index (χ1v) is 5.79. The summed E-state index contributed by atoms with van der Waals surface area (Å²) in [6.07, 6.45) is 3.67. The van der Waals surface area contributed by atoms with Crippen molar-refractivity contribution >= 4 is 5.97 Å². The highest BCUT2D eigenvalue weighted by molar-refractivity contribution is 5.78. The van der Waals surface area contributed by atoms with Gasteiger partial charge in [0.1, 0.15) is 0 Å². The van der Waals surface area contributed by atoms with Crippen LogP contribution in [0, 0.1) is 5.92 Å². The van der Waals surface area contributed by atoms with Gasteiger partial charge in [0.15, 0.2) is 0 Å². The summed E-state index contributed by atoms with van der Waals surface area (Å²) in [6, 6.07) is 0. The Morgan fingerprint density at radius 3 is 2.62 bits per heavy atom. The summed E-state index contributed by atoms with van der Waals surface area (Å²) in [6.45, 7) is 9.11. The molecule has 0 radical (unpaired) electrons. The molecule has 0 amide bonds. The minimum absolute atomic E-state index is 0.159. The quantitative estimate of drug-likeness (QED) is 0.720. The van der Waals surface area contributed by atoms with Gasteiger partial charge in [0.05, 0.1) is 18.7 Å². The Hall–Kier alpha value is -1.32. The van der Waals surface area contributed by atoms with Gasteiger partial charge in [-0.25, -0.2) is 0 Å². The number of hydrogen-bond donors (Lipinski definition) is 0. The molecule has 1 aromatic heterocycles. The molecule has 4 heteroatoms. The molecule has 0 saturated carbocycles. The average Bonchev–Trinajstić information content (AvgIpc) is 2.66. The van der Waals surface area contributed by atoms with Crippen molar-refractivity contribution in [3.05, 3.63) is 18.0 Å². The maximum atomic E-state index is 11.8. The van der Waals surface area contributed by atoms with Gasteiger partial charge >= 0.3 is 5.97 Å². The van der Waals surface area contributed by atoms with Crippen molar-refractivity contribution < 1.29 is 9.53 Å². The van der Waals surface area contributed by atoms with Gasteiger partial charge in [0.2, 0.25) is 0 Å². The van der Waals surface area contributed by atoms with E-state index in [2.05, 4.69) is 5.10 Å². The molecule has 0 N–H and O–H groups in total. The van der Waals surface area contributed by atoms with E-state index < -0.39 is 0 Å². The zero-order valence-corrected chi connectivity index (χ0v) is 10.4. The molecule has 1 rings (SSSR count). The van der Waals surface area contributed by atoms with Gasteiger partial charge < -0.3 is 4.74 Å². The van der Waals surface area contributed by atoms with Gasteiger partial charge in [0, 0.05) is 18.3 Å². The number of esters is 1. The molecular weight excluding hydrogens is 204 g/mol. The summed E-state index contributed by atoms with van der Waals surface area (Å²) < 4.78 is 6.91. The standard InChI is InChI=1S/C12H20N2O2/c1-5-14-8-10(7-13-14)11(9(3)4)12(15)16-6-2/h7-9,11H,5-6H2,1-4H3. The maximum absolute atomic E-state index is 11.8. The molecule has 0 saturated heterocycles. The van der Waals surface area contributed by atoms with Crippen LogP contribution in [0.25, 0.3) is 0 Å². The predicted octanol–water partition coefficient (Wildman–Crippen LogP) is 2.21. The van der Waals surface area contributed by atoms with Crippen molar-refractivity contribution in [2.45, 2.75) is 40.2 Å². The van der Waals surface area contributed by atoms with Crippen LogP contribution in [0.1, 0.15) is 39.2 Å². The Labute approximate surface area is 96.6 Å². The lowest BCUT2D eigenvalue weighted by atomic mass is 9.91. The van der Waals surface area contributed by atoms with Crippen molar-refractivity contribution in [1.82, 2.24) is 9.78 Å². The van der Waals surface area contributed by atoms with Crippen LogP contribution in [0.4, 0.5) is 0 Å². The zero-order chi connectivity index (χ0) is 12.1. The molecule has 0 aliphatic carbocycles. The third-order valence-electron chi connectivity index (χ3n) is 2.54. The number of ether oxygens (including phenoxy) is 1. The molecule has 0 bridgehead atoms. The van der Waals surface area contributed by atoms with Crippen molar-refractivity contribution in [1.29, 1.82) is 0 Å². The van der Waals surface area contributed by atoms with E-state index in [1.165, 1.54) is 0 Å². The highest BCUT2D eigenvalue weighted by Gasteiger charge is 2.26. The Kier molecular flexibility index (Phi) is 4.52. The highest BCUT2D eigenvalue weighted by Crippen LogP contribution is 2.25. The number of rotatable bonds is 5. The van der Waals surface area contributed by atoms with Crippen LogP contribution in [0.2, 0.25) is 0 Å². The lowest BCUT2D eigenvalue weighted by molar-refractivity contribution is -0.146. The predicted molar refractivity (Wildman–Crippen MR) is 62.1 cm³/mol. The minimum atomic E-state index is -0.208. The van der Waals surface area contributed by atoms with Gasteiger partial charge in [-0.3, -0.25) is 9.48 Å². The van der Waals surface area contributed by atoms with E-state index in [0.717, 1.165) is 12.1 Å². The molecule has 0 spiro atoms. The van der Waals surface area contributed by atoms with Crippen molar-refractivity contribution in [2.75, 3.05) is 6.61 Å². The van der Waals surface area contributed by atoms with Crippen molar-refractivity contribution in [2.24, 2.45) is 5.92 Å². The fourth-order valence-electron chi connectivity index (χ4n) is 1.74. The first-order valence-electron chi connectivity index (χ1n) is 5.79. The number of aryl methyl sites for hydroxylation is 1. The monoisotopic (exact) mass is 224 g/mol. The second-order valence-corrected chi connectivity index (χ2v) is 4.10. The van der Waals surface area contributed by atoms with Crippen LogP contribution >= 0.6 is 0 Å². The maximum Gasteiger partial charge on any atom is 0.313 e. The summed E-state index contributed by atoms with van der Waals surface area (Å²) in [7, 11) is 0. The van der Waals surface area contributed by atoms with E-state index >= 15 is 0 Å². The number of aromatic nitrogens is 2. The van der Waals surface area contributed by atoms with Crippen LogP contribution in [0.5, 0.6) is 0 Å². The zero-order valence-electron chi connectivity index (χ0n) is 10.4. The van der Waals surface area contributed by atoms with E-state index in [0.29, 0.717) is 6.61 Å². The van der Waals surface area contributed by atoms with Crippen LogP contribution in [0.15, 0.2) is 12.4 Å². The van der Waals surface area contributed by atoms with Crippen molar-refractivity contribution in [3.8, 4) is 0 Å². The SMILES string of the molecule is CCOC(=O)C(c1cnn(CC)c1)C(C)C. The molecule has 1 heterocycles. The number of hydrogen-bond acceptors (Lipinski definition) is 3. The molecule has 0 aliphatic heterocycles. The third-order valence-corrected chi connectivity index (χ3v) is 2.54. The molecule has 90 valence electrons. The van der Waals surface area contributed by atoms with Crippen LogP contribution in [-0.4, -0.2) is 22.4 Å². The molecular formula is C12H20N2O2. The van der Waals surface area contributed by atoms with E-state index in [-0.39, 0.29) is 17.8 Å². The van der Waals surface area contributed by atoms with Gasteiger partial charge in [0.25, 0.3) is 0 Å². The second kappa shape index (κ2) is 5.68. The fraction of sp³-hybridized carbons (Fsp3) is 0.667. The van der Waals surface area contributed by atoms with Crippen LogP contribution in [-0.2, 0) is 16.1 Å². The molecule has 16 heavy (non-hydrogen) atoms. The molecule has 1 aromatic rings. The van der Waals surface area contributed by atoms with E-state index in [4.69, 9.17) is 4.74 Å². The summed E-state index contributed by atoms with van der Waals surface area (Å²) in [5.41, 5.74) is 0.940. The normalized spacial score (nSPS) is 12.8. The lowest BCUT2D eigenvalue weighted by Crippen LogP contribution is -2.20. The number of carbonyl (C=O) groups excluding carboxylic acids is 1. The van der Waals surface area contributed by atoms with Gasteiger partial charge in [-0.1, -0.05) is 13.8 Å². The lowest BCUT2D eigenvalue weighted by Gasteiger charge is -2.17. The first kappa shape index (κ1) is 12.7. The Morgan fingerprint density at radius 2 is 2.19 bits per heavy atom. The fourth-order valence-corrected chi connectivity index (χ4v) is 1.74. The van der Waals surface area contributed by atoms with E-state index in [9.17, 15) is 4.79 Å². The first-order chi connectivity index (χ1) is 7.60.